The summed E-state index contributed by atoms with van der Waals surface area (Å²) in [5.41, 5.74) is 7.05. The number of amides is 1. The van der Waals surface area contributed by atoms with Crippen LogP contribution in [0.2, 0.25) is 0 Å². The van der Waals surface area contributed by atoms with Crippen molar-refractivity contribution in [2.75, 3.05) is 12.3 Å². The van der Waals surface area contributed by atoms with Crippen molar-refractivity contribution in [3.8, 4) is 0 Å². The van der Waals surface area contributed by atoms with Gasteiger partial charge in [0.15, 0.2) is 0 Å². The van der Waals surface area contributed by atoms with Crippen molar-refractivity contribution in [3.05, 3.63) is 28.2 Å². The number of nitrogens with zero attached hydrogens (tertiary/aromatic N) is 1. The Bertz CT molecular complexity index is 413. The number of halogens is 1. The minimum atomic E-state index is 0.0881. The number of nitrogens with two attached hydrogens (primary N) is 1. The molecule has 2 rings (SSSR count). The molecule has 0 spiro atoms. The van der Waals surface area contributed by atoms with E-state index in [2.05, 4.69) is 22.9 Å². The third-order valence-corrected chi connectivity index (χ3v) is 3.69. The molecule has 1 aliphatic rings. The summed E-state index contributed by atoms with van der Waals surface area (Å²) in [4.78, 5) is 14.3. The fourth-order valence-electron chi connectivity index (χ4n) is 2.30. The largest absolute Gasteiger partial charge is 0.399 e. The number of anilines is 1. The van der Waals surface area contributed by atoms with Crippen LogP contribution < -0.4 is 5.73 Å². The Morgan fingerprint density at radius 2 is 2.18 bits per heavy atom. The molecule has 1 atom stereocenters. The topological polar surface area (TPSA) is 46.3 Å². The van der Waals surface area contributed by atoms with Crippen LogP contribution in [0, 0.1) is 0 Å². The Hall–Kier alpha value is -1.03. The summed E-state index contributed by atoms with van der Waals surface area (Å²) in [5.74, 6) is 0.0881. The Labute approximate surface area is 110 Å². The molecule has 17 heavy (non-hydrogen) atoms. The fourth-order valence-corrected chi connectivity index (χ4v) is 2.81. The molecule has 0 aliphatic carbocycles. The molecule has 0 saturated carbocycles. The van der Waals surface area contributed by atoms with E-state index < -0.39 is 0 Å². The number of hydrogen-bond acceptors (Lipinski definition) is 2. The number of carbonyl (C=O) groups excluding carboxylic acids is 1. The highest BCUT2D eigenvalue weighted by molar-refractivity contribution is 9.10. The summed E-state index contributed by atoms with van der Waals surface area (Å²) in [6.45, 7) is 2.96. The Kier molecular flexibility index (Phi) is 3.72. The maximum absolute atomic E-state index is 12.4. The number of rotatable bonds is 1. The van der Waals surface area contributed by atoms with E-state index in [0.29, 0.717) is 17.3 Å². The van der Waals surface area contributed by atoms with Gasteiger partial charge in [-0.2, -0.15) is 0 Å². The third kappa shape index (κ3) is 2.80. The van der Waals surface area contributed by atoms with E-state index in [1.807, 2.05) is 11.0 Å². The molecule has 0 radical (unpaired) electrons. The van der Waals surface area contributed by atoms with Gasteiger partial charge in [-0.1, -0.05) is 15.9 Å². The Morgan fingerprint density at radius 3 is 2.82 bits per heavy atom. The van der Waals surface area contributed by atoms with Crippen molar-refractivity contribution in [2.45, 2.75) is 32.2 Å². The van der Waals surface area contributed by atoms with Gasteiger partial charge in [-0.3, -0.25) is 4.79 Å². The minimum Gasteiger partial charge on any atom is -0.399 e. The number of nitrogen functional groups attached to an aromatic ring is 1. The van der Waals surface area contributed by atoms with Crippen LogP contribution in [0.3, 0.4) is 0 Å². The van der Waals surface area contributed by atoms with Crippen molar-refractivity contribution in [3.63, 3.8) is 0 Å². The smallest absolute Gasteiger partial charge is 0.254 e. The molecular formula is C13H17BrN2O. The molecule has 4 heteroatoms. The number of hydrogen-bond donors (Lipinski definition) is 1. The molecule has 1 aromatic rings. The van der Waals surface area contributed by atoms with E-state index in [4.69, 9.17) is 5.73 Å². The molecule has 1 saturated heterocycles. The first kappa shape index (κ1) is 12.4. The third-order valence-electron chi connectivity index (χ3n) is 3.23. The van der Waals surface area contributed by atoms with Gasteiger partial charge < -0.3 is 10.6 Å². The van der Waals surface area contributed by atoms with Crippen molar-refractivity contribution in [1.82, 2.24) is 4.90 Å². The van der Waals surface area contributed by atoms with Crippen molar-refractivity contribution < 1.29 is 4.79 Å². The lowest BCUT2D eigenvalue weighted by Gasteiger charge is -2.33. The molecule has 1 aliphatic heterocycles. The lowest BCUT2D eigenvalue weighted by molar-refractivity contribution is 0.0635. The van der Waals surface area contributed by atoms with Crippen LogP contribution in [0.15, 0.2) is 22.7 Å². The van der Waals surface area contributed by atoms with Crippen LogP contribution >= 0.6 is 15.9 Å². The second-order valence-corrected chi connectivity index (χ2v) is 5.53. The lowest BCUT2D eigenvalue weighted by atomic mass is 10.0. The van der Waals surface area contributed by atoms with E-state index in [9.17, 15) is 4.79 Å². The molecule has 3 nitrogen and oxygen atoms in total. The highest BCUT2D eigenvalue weighted by Gasteiger charge is 2.24. The first-order valence-electron chi connectivity index (χ1n) is 5.95. The SMILES string of the molecule is C[C@H]1CCCCN1C(=O)c1cc(N)cc(Br)c1. The number of benzene rings is 1. The van der Waals surface area contributed by atoms with Crippen LogP contribution in [0.1, 0.15) is 36.5 Å². The standard InChI is InChI=1S/C13H17BrN2O/c1-9-4-2-3-5-16(9)13(17)10-6-11(14)8-12(15)7-10/h6-9H,2-5,15H2,1H3/t9-/m0/s1. The van der Waals surface area contributed by atoms with Crippen LogP contribution in [-0.2, 0) is 0 Å². The average molecular weight is 297 g/mol. The van der Waals surface area contributed by atoms with Gasteiger partial charge in [-0.05, 0) is 44.4 Å². The normalized spacial score (nSPS) is 20.4. The lowest BCUT2D eigenvalue weighted by Crippen LogP contribution is -2.42. The predicted octanol–water partition coefficient (Wildman–Crippen LogP) is 3.05. The van der Waals surface area contributed by atoms with Gasteiger partial charge in [-0.25, -0.2) is 0 Å². The monoisotopic (exact) mass is 296 g/mol. The van der Waals surface area contributed by atoms with Crippen LogP contribution in [0.25, 0.3) is 0 Å². The van der Waals surface area contributed by atoms with E-state index in [1.54, 1.807) is 12.1 Å². The zero-order valence-electron chi connectivity index (χ0n) is 9.95. The van der Waals surface area contributed by atoms with Crippen LogP contribution in [0.4, 0.5) is 5.69 Å². The van der Waals surface area contributed by atoms with E-state index >= 15 is 0 Å². The fraction of sp³-hybridized carbons (Fsp3) is 0.462. The van der Waals surface area contributed by atoms with Gasteiger partial charge in [0.1, 0.15) is 0 Å². The van der Waals surface area contributed by atoms with Crippen LogP contribution in [0.5, 0.6) is 0 Å². The Morgan fingerprint density at radius 1 is 1.41 bits per heavy atom. The molecule has 1 aromatic carbocycles. The molecule has 1 amide bonds. The summed E-state index contributed by atoms with van der Waals surface area (Å²) < 4.78 is 0.852. The molecule has 92 valence electrons. The number of piperidine rings is 1. The second-order valence-electron chi connectivity index (χ2n) is 4.62. The van der Waals surface area contributed by atoms with E-state index in [0.717, 1.165) is 23.9 Å². The van der Waals surface area contributed by atoms with E-state index in [1.165, 1.54) is 6.42 Å². The highest BCUT2D eigenvalue weighted by Crippen LogP contribution is 2.22. The first-order valence-corrected chi connectivity index (χ1v) is 6.74. The van der Waals surface area contributed by atoms with Gasteiger partial charge >= 0.3 is 0 Å². The molecule has 0 unspecified atom stereocenters. The molecular weight excluding hydrogens is 280 g/mol. The first-order chi connectivity index (χ1) is 8.08. The molecule has 1 fully saturated rings. The van der Waals surface area contributed by atoms with Crippen molar-refractivity contribution >= 4 is 27.5 Å². The highest BCUT2D eigenvalue weighted by atomic mass is 79.9. The van der Waals surface area contributed by atoms with Gasteiger partial charge in [0.05, 0.1) is 0 Å². The predicted molar refractivity (Wildman–Crippen MR) is 72.9 cm³/mol. The van der Waals surface area contributed by atoms with Crippen molar-refractivity contribution in [1.29, 1.82) is 0 Å². The maximum atomic E-state index is 12.4. The molecule has 0 bridgehead atoms. The van der Waals surface area contributed by atoms with Crippen molar-refractivity contribution in [2.24, 2.45) is 0 Å². The number of carbonyl (C=O) groups is 1. The second kappa shape index (κ2) is 5.08. The summed E-state index contributed by atoms with van der Waals surface area (Å²) in [6.07, 6.45) is 3.40. The molecule has 1 heterocycles. The molecule has 2 N–H and O–H groups in total. The quantitative estimate of drug-likeness (QED) is 0.810. The van der Waals surface area contributed by atoms with Gasteiger partial charge in [-0.15, -0.1) is 0 Å². The summed E-state index contributed by atoms with van der Waals surface area (Å²) in [7, 11) is 0. The van der Waals surface area contributed by atoms with Gasteiger partial charge in [0.2, 0.25) is 0 Å². The summed E-state index contributed by atoms with van der Waals surface area (Å²) in [5, 5.41) is 0. The maximum Gasteiger partial charge on any atom is 0.254 e. The summed E-state index contributed by atoms with van der Waals surface area (Å²) >= 11 is 3.37. The zero-order chi connectivity index (χ0) is 12.4. The van der Waals surface area contributed by atoms with Gasteiger partial charge in [0.25, 0.3) is 5.91 Å². The molecule has 0 aromatic heterocycles. The van der Waals surface area contributed by atoms with Crippen LogP contribution in [-0.4, -0.2) is 23.4 Å². The number of likely N-dealkylation sites (tertiary alicyclic amines) is 1. The van der Waals surface area contributed by atoms with E-state index in [-0.39, 0.29) is 5.91 Å². The zero-order valence-corrected chi connectivity index (χ0v) is 11.5. The van der Waals surface area contributed by atoms with Gasteiger partial charge in [0, 0.05) is 28.3 Å². The Balaban J connectivity index is 2.23. The summed E-state index contributed by atoms with van der Waals surface area (Å²) in [6, 6.07) is 5.71. The minimum absolute atomic E-state index is 0.0881. The average Bonchev–Trinajstić information content (AvgIpc) is 2.27.